The number of fused-ring (bicyclic) bond motifs is 1. The zero-order valence-corrected chi connectivity index (χ0v) is 16.1. The molecule has 4 atom stereocenters. The van der Waals surface area contributed by atoms with Crippen molar-refractivity contribution in [1.82, 2.24) is 10.2 Å². The van der Waals surface area contributed by atoms with Gasteiger partial charge >= 0.3 is 0 Å². The van der Waals surface area contributed by atoms with Crippen LogP contribution in [0.15, 0.2) is 24.3 Å². The summed E-state index contributed by atoms with van der Waals surface area (Å²) in [5.74, 6) is -3.07. The van der Waals surface area contributed by atoms with E-state index in [0.717, 1.165) is 23.3 Å². The van der Waals surface area contributed by atoms with Gasteiger partial charge in [-0.05, 0) is 32.3 Å². The summed E-state index contributed by atoms with van der Waals surface area (Å²) in [6.07, 6.45) is 2.79. The van der Waals surface area contributed by atoms with Crippen LogP contribution in [-0.2, 0) is 19.2 Å². The van der Waals surface area contributed by atoms with E-state index in [2.05, 4.69) is 5.32 Å². The van der Waals surface area contributed by atoms with Crippen LogP contribution in [0.3, 0.4) is 0 Å². The van der Waals surface area contributed by atoms with Crippen LogP contribution in [-0.4, -0.2) is 34.6 Å². The maximum Gasteiger partial charge on any atom is 0.243 e. The zero-order valence-electron chi connectivity index (χ0n) is 16.1. The summed E-state index contributed by atoms with van der Waals surface area (Å²) >= 11 is 0. The van der Waals surface area contributed by atoms with Gasteiger partial charge < -0.3 is 15.2 Å². The van der Waals surface area contributed by atoms with Gasteiger partial charge in [-0.25, -0.2) is 0 Å². The summed E-state index contributed by atoms with van der Waals surface area (Å²) in [4.78, 5) is 50.4. The number of carbonyl (C=O) groups is 4. The number of hydrogen-bond acceptors (Lipinski definition) is 5. The highest BCUT2D eigenvalue weighted by Gasteiger charge is 2.50. The van der Waals surface area contributed by atoms with Crippen molar-refractivity contribution < 1.29 is 24.3 Å². The lowest BCUT2D eigenvalue weighted by atomic mass is 9.81. The van der Waals surface area contributed by atoms with Crippen LogP contribution in [0.5, 0.6) is 0 Å². The molecule has 1 aliphatic carbocycles. The molecule has 2 aliphatic rings. The van der Waals surface area contributed by atoms with E-state index in [9.17, 15) is 24.3 Å². The molecule has 28 heavy (non-hydrogen) atoms. The van der Waals surface area contributed by atoms with Gasteiger partial charge in [0.05, 0.1) is 17.9 Å². The van der Waals surface area contributed by atoms with Crippen molar-refractivity contribution in [2.45, 2.75) is 58.0 Å². The topological polar surface area (TPSA) is 107 Å². The van der Waals surface area contributed by atoms with E-state index in [1.807, 2.05) is 19.1 Å². The molecule has 0 radical (unpaired) electrons. The van der Waals surface area contributed by atoms with Crippen LogP contribution >= 0.6 is 0 Å². The molecule has 3 amide bonds. The lowest BCUT2D eigenvalue weighted by Gasteiger charge is -2.26. The van der Waals surface area contributed by atoms with Crippen LogP contribution < -0.4 is 10.4 Å². The lowest BCUT2D eigenvalue weighted by Crippen LogP contribution is -2.49. The van der Waals surface area contributed by atoms with Crippen molar-refractivity contribution in [3.05, 3.63) is 35.4 Å². The van der Waals surface area contributed by atoms with Crippen molar-refractivity contribution in [2.24, 2.45) is 11.8 Å². The number of rotatable bonds is 6. The molecule has 7 nitrogen and oxygen atoms in total. The Kier molecular flexibility index (Phi) is 5.82. The first-order valence-corrected chi connectivity index (χ1v) is 9.73. The maximum atomic E-state index is 12.8. The van der Waals surface area contributed by atoms with Gasteiger partial charge in [0.25, 0.3) is 0 Å². The van der Waals surface area contributed by atoms with E-state index in [4.69, 9.17) is 0 Å². The van der Waals surface area contributed by atoms with E-state index in [-0.39, 0.29) is 23.7 Å². The van der Waals surface area contributed by atoms with E-state index in [1.54, 1.807) is 12.1 Å². The number of benzene rings is 1. The minimum Gasteiger partial charge on any atom is -0.550 e. The first-order valence-electron chi connectivity index (χ1n) is 9.73. The third kappa shape index (κ3) is 3.93. The van der Waals surface area contributed by atoms with Crippen molar-refractivity contribution in [3.8, 4) is 0 Å². The largest absolute Gasteiger partial charge is 0.550 e. The number of carboxylic acids is 1. The molecule has 150 valence electrons. The van der Waals surface area contributed by atoms with Gasteiger partial charge in [-0.15, -0.1) is 0 Å². The molecule has 0 unspecified atom stereocenters. The fourth-order valence-corrected chi connectivity index (χ4v) is 4.20. The number of carbonyl (C=O) groups excluding carboxylic acids is 4. The molecule has 1 aromatic rings. The summed E-state index contributed by atoms with van der Waals surface area (Å²) in [7, 11) is 0. The molecular formula is C21H25N2O5-. The maximum absolute atomic E-state index is 12.8. The predicted octanol–water partition coefficient (Wildman–Crippen LogP) is 0.856. The van der Waals surface area contributed by atoms with Crippen LogP contribution in [0.1, 0.15) is 56.2 Å². The van der Waals surface area contributed by atoms with Gasteiger partial charge in [0.15, 0.2) is 0 Å². The highest BCUT2D eigenvalue weighted by Crippen LogP contribution is 2.38. The molecule has 0 spiro atoms. The average molecular weight is 385 g/mol. The summed E-state index contributed by atoms with van der Waals surface area (Å²) in [6.45, 7) is 3.41. The number of hydrogen-bond donors (Lipinski definition) is 1. The number of nitrogens with one attached hydrogen (secondary N) is 1. The first kappa shape index (κ1) is 20.0. The Labute approximate surface area is 164 Å². The Bertz CT molecular complexity index is 764. The smallest absolute Gasteiger partial charge is 0.243 e. The van der Waals surface area contributed by atoms with Crippen molar-refractivity contribution in [1.29, 1.82) is 0 Å². The van der Waals surface area contributed by atoms with Crippen LogP contribution in [0.2, 0.25) is 0 Å². The van der Waals surface area contributed by atoms with Gasteiger partial charge in [0, 0.05) is 12.4 Å². The molecule has 1 aliphatic heterocycles. The number of amides is 3. The minimum absolute atomic E-state index is 0.288. The van der Waals surface area contributed by atoms with Crippen molar-refractivity contribution in [3.63, 3.8) is 0 Å². The Morgan fingerprint density at radius 1 is 1.11 bits per heavy atom. The molecule has 3 rings (SSSR count). The second-order valence-corrected chi connectivity index (χ2v) is 7.77. The number of aryl methyl sites for hydroxylation is 1. The molecule has 0 bridgehead atoms. The molecular weight excluding hydrogens is 360 g/mol. The van der Waals surface area contributed by atoms with Crippen LogP contribution in [0.4, 0.5) is 0 Å². The fraction of sp³-hybridized carbons (Fsp3) is 0.524. The average Bonchev–Trinajstić information content (AvgIpc) is 2.92. The Hall–Kier alpha value is -2.70. The molecule has 1 N–H and O–H groups in total. The molecule has 1 aromatic carbocycles. The Morgan fingerprint density at radius 2 is 1.64 bits per heavy atom. The van der Waals surface area contributed by atoms with E-state index >= 15 is 0 Å². The molecule has 7 heteroatoms. The molecule has 1 heterocycles. The minimum atomic E-state index is -1.29. The SMILES string of the molecule is Cc1ccc([C@@H](CC(=O)[O-])NC(=O)[C@@H](C)N2C(=O)[C@H]3CCCC[C@H]3C2=O)cc1. The summed E-state index contributed by atoms with van der Waals surface area (Å²) < 4.78 is 0. The predicted molar refractivity (Wildman–Crippen MR) is 98.4 cm³/mol. The zero-order chi connectivity index (χ0) is 20.4. The van der Waals surface area contributed by atoms with Gasteiger partial charge in [0.1, 0.15) is 6.04 Å². The summed E-state index contributed by atoms with van der Waals surface area (Å²) in [5, 5.41) is 13.8. The first-order chi connectivity index (χ1) is 13.3. The highest BCUT2D eigenvalue weighted by molar-refractivity contribution is 6.08. The second kappa shape index (κ2) is 8.12. The number of likely N-dealkylation sites (tertiary alicyclic amines) is 1. The lowest BCUT2D eigenvalue weighted by molar-refractivity contribution is -0.306. The van der Waals surface area contributed by atoms with E-state index in [1.165, 1.54) is 6.92 Å². The quantitative estimate of drug-likeness (QED) is 0.731. The molecule has 1 saturated carbocycles. The van der Waals surface area contributed by atoms with E-state index < -0.39 is 30.4 Å². The third-order valence-electron chi connectivity index (χ3n) is 5.81. The number of nitrogens with zero attached hydrogens (tertiary/aromatic N) is 1. The second-order valence-electron chi connectivity index (χ2n) is 7.77. The molecule has 2 fully saturated rings. The van der Waals surface area contributed by atoms with Crippen LogP contribution in [0, 0.1) is 18.8 Å². The number of aliphatic carboxylic acids is 1. The fourth-order valence-electron chi connectivity index (χ4n) is 4.20. The third-order valence-corrected chi connectivity index (χ3v) is 5.81. The molecule has 1 saturated heterocycles. The number of imide groups is 1. The van der Waals surface area contributed by atoms with Gasteiger partial charge in [-0.1, -0.05) is 42.7 Å². The summed E-state index contributed by atoms with van der Waals surface area (Å²) in [6, 6.07) is 5.36. The van der Waals surface area contributed by atoms with Crippen molar-refractivity contribution in [2.75, 3.05) is 0 Å². The molecule has 0 aromatic heterocycles. The summed E-state index contributed by atoms with van der Waals surface area (Å²) in [5.41, 5.74) is 1.63. The van der Waals surface area contributed by atoms with Gasteiger partial charge in [0.2, 0.25) is 17.7 Å². The standard InChI is InChI=1S/C21H26N2O5/c1-12-7-9-14(10-8-12)17(11-18(24)25)22-19(26)13(2)23-20(27)15-5-3-4-6-16(15)21(23)28/h7-10,13,15-17H,3-6,11H2,1-2H3,(H,22,26)(H,24,25)/p-1/t13-,15-,16+,17-/m1/s1. The van der Waals surface area contributed by atoms with E-state index in [0.29, 0.717) is 18.4 Å². The number of carboxylic acid groups (broad SMARTS) is 1. The highest BCUT2D eigenvalue weighted by atomic mass is 16.4. The normalized spacial score (nSPS) is 23.9. The Morgan fingerprint density at radius 3 is 2.14 bits per heavy atom. The van der Waals surface area contributed by atoms with Gasteiger partial charge in [-0.3, -0.25) is 19.3 Å². The monoisotopic (exact) mass is 385 g/mol. The van der Waals surface area contributed by atoms with Crippen LogP contribution in [0.25, 0.3) is 0 Å². The van der Waals surface area contributed by atoms with Gasteiger partial charge in [-0.2, -0.15) is 0 Å². The van der Waals surface area contributed by atoms with Crippen molar-refractivity contribution >= 4 is 23.7 Å². The Balaban J connectivity index is 1.75.